The SMILES string of the molecule is Cc1cccc(OCC(=O)NNC(=O)CCc2ncc(-c3ccc(Cl)cc3Cl)o2)c1. The Hall–Kier alpha value is -3.03. The van der Waals surface area contributed by atoms with Crippen LogP contribution >= 0.6 is 23.2 Å². The molecule has 0 unspecified atom stereocenters. The zero-order valence-corrected chi connectivity index (χ0v) is 17.6. The number of hydrogen-bond donors (Lipinski definition) is 2. The third kappa shape index (κ3) is 6.23. The molecule has 2 N–H and O–H groups in total. The quantitative estimate of drug-likeness (QED) is 0.531. The Kier molecular flexibility index (Phi) is 7.32. The first-order chi connectivity index (χ1) is 14.4. The highest BCUT2D eigenvalue weighted by Gasteiger charge is 2.12. The Balaban J connectivity index is 1.41. The van der Waals surface area contributed by atoms with Crippen LogP contribution in [0.15, 0.2) is 53.1 Å². The van der Waals surface area contributed by atoms with Crippen molar-refractivity contribution in [3.63, 3.8) is 0 Å². The second kappa shape index (κ2) is 10.1. The number of carbonyl (C=O) groups excluding carboxylic acids is 2. The van der Waals surface area contributed by atoms with Crippen LogP contribution < -0.4 is 15.6 Å². The van der Waals surface area contributed by atoms with Crippen molar-refractivity contribution in [1.29, 1.82) is 0 Å². The highest BCUT2D eigenvalue weighted by Crippen LogP contribution is 2.30. The number of hydrogen-bond acceptors (Lipinski definition) is 5. The minimum atomic E-state index is -0.472. The molecule has 0 aliphatic rings. The number of rotatable bonds is 7. The van der Waals surface area contributed by atoms with Crippen molar-refractivity contribution in [3.8, 4) is 17.1 Å². The highest BCUT2D eigenvalue weighted by atomic mass is 35.5. The number of nitrogens with one attached hydrogen (secondary N) is 2. The molecule has 0 saturated carbocycles. The van der Waals surface area contributed by atoms with Gasteiger partial charge in [-0.25, -0.2) is 4.98 Å². The van der Waals surface area contributed by atoms with Gasteiger partial charge in [-0.05, 0) is 42.8 Å². The summed E-state index contributed by atoms with van der Waals surface area (Å²) in [5.41, 5.74) is 6.31. The van der Waals surface area contributed by atoms with Gasteiger partial charge in [0.15, 0.2) is 18.3 Å². The van der Waals surface area contributed by atoms with Gasteiger partial charge in [-0.1, -0.05) is 35.3 Å². The molecule has 0 aliphatic carbocycles. The van der Waals surface area contributed by atoms with E-state index in [1.54, 1.807) is 24.3 Å². The van der Waals surface area contributed by atoms with Crippen LogP contribution in [0.5, 0.6) is 5.75 Å². The topological polar surface area (TPSA) is 93.5 Å². The number of aromatic nitrogens is 1. The maximum absolute atomic E-state index is 11.9. The largest absolute Gasteiger partial charge is 0.484 e. The number of ether oxygens (including phenoxy) is 1. The maximum Gasteiger partial charge on any atom is 0.276 e. The Morgan fingerprint density at radius 1 is 1.10 bits per heavy atom. The summed E-state index contributed by atoms with van der Waals surface area (Å²) in [7, 11) is 0. The van der Waals surface area contributed by atoms with Gasteiger partial charge in [-0.15, -0.1) is 0 Å². The lowest BCUT2D eigenvalue weighted by molar-refractivity contribution is -0.130. The van der Waals surface area contributed by atoms with E-state index in [1.165, 1.54) is 6.20 Å². The van der Waals surface area contributed by atoms with Crippen LogP contribution in [0.3, 0.4) is 0 Å². The van der Waals surface area contributed by atoms with E-state index in [4.69, 9.17) is 32.4 Å². The van der Waals surface area contributed by atoms with Crippen LogP contribution in [0.25, 0.3) is 11.3 Å². The average molecular weight is 448 g/mol. The van der Waals surface area contributed by atoms with Crippen molar-refractivity contribution in [1.82, 2.24) is 15.8 Å². The standard InChI is InChI=1S/C21H19Cl2N3O4/c1-13-3-2-4-15(9-13)29-12-20(28)26-25-19(27)7-8-21-24-11-18(30-21)16-6-5-14(22)10-17(16)23/h2-6,9-11H,7-8,12H2,1H3,(H,25,27)(H,26,28). The van der Waals surface area contributed by atoms with Crippen LogP contribution in [0, 0.1) is 6.92 Å². The molecular formula is C21H19Cl2N3O4. The predicted octanol–water partition coefficient (Wildman–Crippen LogP) is 4.12. The van der Waals surface area contributed by atoms with E-state index in [-0.39, 0.29) is 25.4 Å². The highest BCUT2D eigenvalue weighted by molar-refractivity contribution is 6.36. The van der Waals surface area contributed by atoms with Gasteiger partial charge < -0.3 is 9.15 Å². The predicted molar refractivity (Wildman–Crippen MR) is 113 cm³/mol. The Bertz CT molecular complexity index is 1050. The fraction of sp³-hybridized carbons (Fsp3) is 0.190. The summed E-state index contributed by atoms with van der Waals surface area (Å²) in [6, 6.07) is 12.4. The molecule has 3 aromatic rings. The molecule has 2 amide bonds. The van der Waals surface area contributed by atoms with E-state index >= 15 is 0 Å². The van der Waals surface area contributed by atoms with Crippen molar-refractivity contribution in [2.24, 2.45) is 0 Å². The van der Waals surface area contributed by atoms with E-state index in [0.29, 0.717) is 33.0 Å². The van der Waals surface area contributed by atoms with E-state index in [2.05, 4.69) is 15.8 Å². The molecule has 0 saturated heterocycles. The fourth-order valence-corrected chi connectivity index (χ4v) is 3.05. The fourth-order valence-electron chi connectivity index (χ4n) is 2.55. The van der Waals surface area contributed by atoms with Crippen LogP contribution in [0.4, 0.5) is 0 Å². The number of amides is 2. The molecule has 0 spiro atoms. The second-order valence-electron chi connectivity index (χ2n) is 6.44. The summed E-state index contributed by atoms with van der Waals surface area (Å²) in [6.45, 7) is 1.71. The number of aryl methyl sites for hydroxylation is 2. The minimum Gasteiger partial charge on any atom is -0.484 e. The van der Waals surface area contributed by atoms with Crippen molar-refractivity contribution in [2.45, 2.75) is 19.8 Å². The second-order valence-corrected chi connectivity index (χ2v) is 7.29. The molecule has 156 valence electrons. The van der Waals surface area contributed by atoms with Crippen LogP contribution in [-0.2, 0) is 16.0 Å². The summed E-state index contributed by atoms with van der Waals surface area (Å²) >= 11 is 12.0. The molecular weight excluding hydrogens is 429 g/mol. The molecule has 0 radical (unpaired) electrons. The first-order valence-electron chi connectivity index (χ1n) is 9.08. The van der Waals surface area contributed by atoms with Gasteiger partial charge in [-0.2, -0.15) is 0 Å². The van der Waals surface area contributed by atoms with Gasteiger partial charge in [0.25, 0.3) is 5.91 Å². The van der Waals surface area contributed by atoms with Crippen molar-refractivity contribution in [2.75, 3.05) is 6.61 Å². The molecule has 0 bridgehead atoms. The number of carbonyl (C=O) groups is 2. The Morgan fingerprint density at radius 2 is 1.90 bits per heavy atom. The van der Waals surface area contributed by atoms with Crippen molar-refractivity contribution >= 4 is 35.0 Å². The summed E-state index contributed by atoms with van der Waals surface area (Å²) < 4.78 is 11.0. The van der Waals surface area contributed by atoms with Gasteiger partial charge in [0.05, 0.1) is 11.2 Å². The lowest BCUT2D eigenvalue weighted by atomic mass is 10.2. The van der Waals surface area contributed by atoms with E-state index < -0.39 is 5.91 Å². The summed E-state index contributed by atoms with van der Waals surface area (Å²) in [5, 5.41) is 0.963. The number of halogens is 2. The smallest absolute Gasteiger partial charge is 0.276 e. The van der Waals surface area contributed by atoms with E-state index in [1.807, 2.05) is 25.1 Å². The third-order valence-electron chi connectivity index (χ3n) is 4.02. The third-order valence-corrected chi connectivity index (χ3v) is 4.56. The van der Waals surface area contributed by atoms with Gasteiger partial charge in [0.1, 0.15) is 5.75 Å². The number of oxazole rings is 1. The van der Waals surface area contributed by atoms with Gasteiger partial charge in [-0.3, -0.25) is 20.4 Å². The molecule has 3 rings (SSSR count). The van der Waals surface area contributed by atoms with Crippen LogP contribution in [0.1, 0.15) is 17.9 Å². The zero-order valence-electron chi connectivity index (χ0n) is 16.1. The number of hydrazine groups is 1. The van der Waals surface area contributed by atoms with Crippen LogP contribution in [-0.4, -0.2) is 23.4 Å². The summed E-state index contributed by atoms with van der Waals surface area (Å²) in [5.74, 6) is 0.578. The van der Waals surface area contributed by atoms with E-state index in [0.717, 1.165) is 5.56 Å². The van der Waals surface area contributed by atoms with Gasteiger partial charge in [0.2, 0.25) is 5.91 Å². The lowest BCUT2D eigenvalue weighted by Crippen LogP contribution is -2.43. The minimum absolute atomic E-state index is 0.0767. The molecule has 0 atom stereocenters. The Labute approximate surface area is 183 Å². The molecule has 30 heavy (non-hydrogen) atoms. The normalized spacial score (nSPS) is 10.5. The molecule has 0 aliphatic heterocycles. The molecule has 0 fully saturated rings. The maximum atomic E-state index is 11.9. The first-order valence-corrected chi connectivity index (χ1v) is 9.83. The van der Waals surface area contributed by atoms with Crippen LogP contribution in [0.2, 0.25) is 10.0 Å². The number of nitrogens with zero attached hydrogens (tertiary/aromatic N) is 1. The first kappa shape index (κ1) is 21.7. The zero-order chi connectivity index (χ0) is 21.5. The lowest BCUT2D eigenvalue weighted by Gasteiger charge is -2.08. The average Bonchev–Trinajstić information content (AvgIpc) is 3.18. The summed E-state index contributed by atoms with van der Waals surface area (Å²) in [4.78, 5) is 27.9. The van der Waals surface area contributed by atoms with E-state index in [9.17, 15) is 9.59 Å². The Morgan fingerprint density at radius 3 is 2.67 bits per heavy atom. The molecule has 9 heteroatoms. The van der Waals surface area contributed by atoms with Crippen molar-refractivity contribution in [3.05, 3.63) is 70.2 Å². The molecule has 2 aromatic carbocycles. The van der Waals surface area contributed by atoms with Gasteiger partial charge in [0, 0.05) is 23.4 Å². The number of benzene rings is 2. The summed E-state index contributed by atoms with van der Waals surface area (Å²) in [6.07, 6.45) is 1.87. The molecule has 1 heterocycles. The molecule has 1 aromatic heterocycles. The van der Waals surface area contributed by atoms with Crippen molar-refractivity contribution < 1.29 is 18.7 Å². The van der Waals surface area contributed by atoms with Gasteiger partial charge >= 0.3 is 0 Å². The molecule has 7 nitrogen and oxygen atoms in total. The monoisotopic (exact) mass is 447 g/mol.